The predicted molar refractivity (Wildman–Crippen MR) is 46.1 cm³/mol. The lowest BCUT2D eigenvalue weighted by Gasteiger charge is -2.39. The van der Waals surface area contributed by atoms with Crippen molar-refractivity contribution in [2.45, 2.75) is 18.4 Å². The van der Waals surface area contributed by atoms with Crippen LogP contribution in [0.3, 0.4) is 0 Å². The molecule has 0 radical (unpaired) electrons. The van der Waals surface area contributed by atoms with Gasteiger partial charge in [0.2, 0.25) is 0 Å². The fourth-order valence-corrected chi connectivity index (χ4v) is 2.74. The normalized spacial score (nSPS) is 30.5. The molecule has 0 unspecified atom stereocenters. The van der Waals surface area contributed by atoms with E-state index in [2.05, 4.69) is 0 Å². The molecule has 2 nitrogen and oxygen atoms in total. The second-order valence-corrected chi connectivity index (χ2v) is 4.30. The smallest absolute Gasteiger partial charge is 0.0816 e. The van der Waals surface area contributed by atoms with Crippen molar-refractivity contribution in [3.8, 4) is 0 Å². The third-order valence-electron chi connectivity index (χ3n) is 2.41. The number of thioether (sulfide) groups is 1. The van der Waals surface area contributed by atoms with Crippen LogP contribution in [0.15, 0.2) is 0 Å². The number of ether oxygens (including phenoxy) is 2. The zero-order valence-corrected chi connectivity index (χ0v) is 7.49. The van der Waals surface area contributed by atoms with Gasteiger partial charge in [-0.15, -0.1) is 0 Å². The topological polar surface area (TPSA) is 18.5 Å². The van der Waals surface area contributed by atoms with Gasteiger partial charge in [0.25, 0.3) is 0 Å². The first kappa shape index (κ1) is 7.90. The Morgan fingerprint density at radius 3 is 2.55 bits per heavy atom. The van der Waals surface area contributed by atoms with E-state index in [1.54, 1.807) is 0 Å². The van der Waals surface area contributed by atoms with Gasteiger partial charge < -0.3 is 9.47 Å². The minimum atomic E-state index is 0.196. The third-order valence-corrected chi connectivity index (χ3v) is 3.59. The van der Waals surface area contributed by atoms with Crippen LogP contribution < -0.4 is 0 Å². The lowest BCUT2D eigenvalue weighted by molar-refractivity contribution is -0.0945. The molecule has 2 saturated heterocycles. The van der Waals surface area contributed by atoms with E-state index in [9.17, 15) is 0 Å². The molecule has 0 N–H and O–H groups in total. The van der Waals surface area contributed by atoms with Gasteiger partial charge >= 0.3 is 0 Å². The third kappa shape index (κ3) is 1.71. The summed E-state index contributed by atoms with van der Waals surface area (Å²) in [7, 11) is 0. The Labute approximate surface area is 71.6 Å². The molecule has 2 fully saturated rings. The molecule has 2 aliphatic heterocycles. The van der Waals surface area contributed by atoms with Crippen LogP contribution in [0.4, 0.5) is 0 Å². The fraction of sp³-hybridized carbons (Fsp3) is 1.00. The number of hydrogen-bond donors (Lipinski definition) is 0. The van der Waals surface area contributed by atoms with Crippen molar-refractivity contribution < 1.29 is 9.47 Å². The van der Waals surface area contributed by atoms with E-state index >= 15 is 0 Å². The van der Waals surface area contributed by atoms with Crippen LogP contribution in [0.2, 0.25) is 0 Å². The maximum atomic E-state index is 5.81. The van der Waals surface area contributed by atoms with Crippen LogP contribution >= 0.6 is 11.8 Å². The number of rotatable bonds is 0. The first-order chi connectivity index (χ1) is 5.41. The first-order valence-corrected chi connectivity index (χ1v) is 5.36. The standard InChI is InChI=1S/C8H14O2S/c1-3-9-4-2-8(1)7-11-6-5-10-8/h1-7H2. The molecule has 0 aromatic rings. The second-order valence-electron chi connectivity index (χ2n) is 3.20. The molecule has 0 aromatic carbocycles. The Hall–Kier alpha value is 0.270. The molecule has 11 heavy (non-hydrogen) atoms. The second kappa shape index (κ2) is 3.33. The van der Waals surface area contributed by atoms with Gasteiger partial charge in [0.15, 0.2) is 0 Å². The fourth-order valence-electron chi connectivity index (χ4n) is 1.65. The molecular formula is C8H14O2S. The van der Waals surface area contributed by atoms with E-state index in [0.29, 0.717) is 0 Å². The van der Waals surface area contributed by atoms with Crippen molar-refractivity contribution in [2.75, 3.05) is 31.3 Å². The van der Waals surface area contributed by atoms with Gasteiger partial charge in [0, 0.05) is 37.6 Å². The molecule has 0 bridgehead atoms. The summed E-state index contributed by atoms with van der Waals surface area (Å²) in [6, 6.07) is 0. The van der Waals surface area contributed by atoms with Crippen molar-refractivity contribution in [2.24, 2.45) is 0 Å². The van der Waals surface area contributed by atoms with Gasteiger partial charge in [-0.1, -0.05) is 0 Å². The van der Waals surface area contributed by atoms with Crippen LogP contribution in [-0.2, 0) is 9.47 Å². The number of hydrogen-bond acceptors (Lipinski definition) is 3. The highest BCUT2D eigenvalue weighted by atomic mass is 32.2. The van der Waals surface area contributed by atoms with Gasteiger partial charge in [-0.05, 0) is 0 Å². The molecule has 64 valence electrons. The lowest BCUT2D eigenvalue weighted by atomic mass is 9.96. The van der Waals surface area contributed by atoms with Crippen molar-refractivity contribution in [3.05, 3.63) is 0 Å². The summed E-state index contributed by atoms with van der Waals surface area (Å²) in [4.78, 5) is 0. The average Bonchev–Trinajstić information content (AvgIpc) is 2.07. The van der Waals surface area contributed by atoms with Crippen molar-refractivity contribution in [3.63, 3.8) is 0 Å². The van der Waals surface area contributed by atoms with Gasteiger partial charge in [0.05, 0.1) is 12.2 Å². The predicted octanol–water partition coefficient (Wildman–Crippen LogP) is 1.30. The molecule has 1 spiro atoms. The highest BCUT2D eigenvalue weighted by molar-refractivity contribution is 7.99. The zero-order valence-electron chi connectivity index (χ0n) is 6.67. The molecule has 3 heteroatoms. The summed E-state index contributed by atoms with van der Waals surface area (Å²) in [5, 5.41) is 0. The van der Waals surface area contributed by atoms with Gasteiger partial charge in [-0.2, -0.15) is 11.8 Å². The minimum absolute atomic E-state index is 0.196. The monoisotopic (exact) mass is 174 g/mol. The summed E-state index contributed by atoms with van der Waals surface area (Å²) >= 11 is 2.02. The van der Waals surface area contributed by atoms with Crippen molar-refractivity contribution >= 4 is 11.8 Å². The van der Waals surface area contributed by atoms with Crippen molar-refractivity contribution in [1.29, 1.82) is 0 Å². The summed E-state index contributed by atoms with van der Waals surface area (Å²) in [6.07, 6.45) is 2.19. The van der Waals surface area contributed by atoms with Crippen LogP contribution in [0.25, 0.3) is 0 Å². The van der Waals surface area contributed by atoms with Gasteiger partial charge in [0.1, 0.15) is 0 Å². The Morgan fingerprint density at radius 2 is 1.91 bits per heavy atom. The van der Waals surface area contributed by atoms with E-state index < -0.39 is 0 Å². The van der Waals surface area contributed by atoms with Crippen molar-refractivity contribution in [1.82, 2.24) is 0 Å². The lowest BCUT2D eigenvalue weighted by Crippen LogP contribution is -2.44. The summed E-state index contributed by atoms with van der Waals surface area (Å²) in [5.41, 5.74) is 0.196. The van der Waals surface area contributed by atoms with Crippen LogP contribution in [0, 0.1) is 0 Å². The Balaban J connectivity index is 1.94. The highest BCUT2D eigenvalue weighted by Crippen LogP contribution is 2.32. The van der Waals surface area contributed by atoms with E-state index in [1.165, 1.54) is 11.5 Å². The molecule has 2 aliphatic rings. The quantitative estimate of drug-likeness (QED) is 0.551. The molecular weight excluding hydrogens is 160 g/mol. The Bertz CT molecular complexity index is 107. The van der Waals surface area contributed by atoms with E-state index in [4.69, 9.17) is 9.47 Å². The summed E-state index contributed by atoms with van der Waals surface area (Å²) < 4.78 is 11.1. The first-order valence-electron chi connectivity index (χ1n) is 4.21. The van der Waals surface area contributed by atoms with Crippen LogP contribution in [-0.4, -0.2) is 36.9 Å². The van der Waals surface area contributed by atoms with E-state index in [-0.39, 0.29) is 5.60 Å². The van der Waals surface area contributed by atoms with Crippen LogP contribution in [0.1, 0.15) is 12.8 Å². The Kier molecular flexibility index (Phi) is 2.39. The van der Waals surface area contributed by atoms with Crippen LogP contribution in [0.5, 0.6) is 0 Å². The summed E-state index contributed by atoms with van der Waals surface area (Å²) in [6.45, 7) is 2.71. The molecule has 2 heterocycles. The molecule has 0 saturated carbocycles. The zero-order chi connectivity index (χ0) is 7.57. The molecule has 0 aromatic heterocycles. The largest absolute Gasteiger partial charge is 0.381 e. The molecule has 2 rings (SSSR count). The molecule has 0 aliphatic carbocycles. The van der Waals surface area contributed by atoms with E-state index in [0.717, 1.165) is 32.7 Å². The van der Waals surface area contributed by atoms with E-state index in [1.807, 2.05) is 11.8 Å². The SMILES string of the molecule is C1CC2(CCO1)CSCCO2. The van der Waals surface area contributed by atoms with Gasteiger partial charge in [-0.3, -0.25) is 0 Å². The maximum Gasteiger partial charge on any atom is 0.0816 e. The average molecular weight is 174 g/mol. The highest BCUT2D eigenvalue weighted by Gasteiger charge is 2.35. The molecule has 0 amide bonds. The summed E-state index contributed by atoms with van der Waals surface area (Å²) in [5.74, 6) is 2.35. The van der Waals surface area contributed by atoms with Gasteiger partial charge in [-0.25, -0.2) is 0 Å². The minimum Gasteiger partial charge on any atom is -0.381 e. The maximum absolute atomic E-state index is 5.81. The Morgan fingerprint density at radius 1 is 1.09 bits per heavy atom. The molecule has 0 atom stereocenters.